The Morgan fingerprint density at radius 3 is 2.26 bits per heavy atom. The van der Waals surface area contributed by atoms with Crippen LogP contribution in [0, 0.1) is 11.2 Å². The summed E-state index contributed by atoms with van der Waals surface area (Å²) in [5, 5.41) is 10.2. The van der Waals surface area contributed by atoms with Crippen molar-refractivity contribution in [1.82, 2.24) is 0 Å². The molecule has 3 rings (SSSR count). The molecule has 19 heavy (non-hydrogen) atoms. The minimum absolute atomic E-state index is 0.0507. The first-order valence-corrected chi connectivity index (χ1v) is 7.31. The Balaban J connectivity index is 1.72. The zero-order chi connectivity index (χ0) is 13.3. The second-order valence-electron chi connectivity index (χ2n) is 5.96. The number of aliphatic hydroxyl groups is 1. The highest BCUT2D eigenvalue weighted by atomic mass is 19.1. The molecular formula is C16H21FO2. The molecule has 2 atom stereocenters. The van der Waals surface area contributed by atoms with E-state index in [0.29, 0.717) is 12.2 Å². The van der Waals surface area contributed by atoms with Crippen LogP contribution in [0.25, 0.3) is 0 Å². The van der Waals surface area contributed by atoms with Crippen molar-refractivity contribution in [2.45, 2.75) is 57.2 Å². The van der Waals surface area contributed by atoms with Gasteiger partial charge in [-0.25, -0.2) is 4.39 Å². The van der Waals surface area contributed by atoms with Gasteiger partial charge >= 0.3 is 0 Å². The van der Waals surface area contributed by atoms with E-state index in [1.165, 1.54) is 37.8 Å². The molecule has 2 aliphatic carbocycles. The molecular weight excluding hydrogens is 243 g/mol. The lowest BCUT2D eigenvalue weighted by Crippen LogP contribution is -2.59. The second kappa shape index (κ2) is 5.12. The van der Waals surface area contributed by atoms with E-state index in [1.54, 1.807) is 12.1 Å². The zero-order valence-corrected chi connectivity index (χ0v) is 11.1. The van der Waals surface area contributed by atoms with E-state index in [0.717, 1.165) is 12.8 Å². The molecule has 0 amide bonds. The van der Waals surface area contributed by atoms with Crippen molar-refractivity contribution in [3.8, 4) is 5.75 Å². The Bertz CT molecular complexity index is 421. The predicted octanol–water partition coefficient (Wildman–Crippen LogP) is 3.68. The van der Waals surface area contributed by atoms with Gasteiger partial charge in [0.2, 0.25) is 0 Å². The van der Waals surface area contributed by atoms with E-state index in [2.05, 4.69) is 0 Å². The number of rotatable bonds is 2. The molecule has 2 unspecified atom stereocenters. The SMILES string of the molecule is OC1CC(Oc2ccc(F)cc2)C12CCCCCC2. The van der Waals surface area contributed by atoms with Gasteiger partial charge in [-0.15, -0.1) is 0 Å². The summed E-state index contributed by atoms with van der Waals surface area (Å²) in [6.07, 6.45) is 7.57. The van der Waals surface area contributed by atoms with E-state index in [4.69, 9.17) is 4.74 Å². The van der Waals surface area contributed by atoms with Gasteiger partial charge in [0.1, 0.15) is 17.7 Å². The average Bonchev–Trinajstić information content (AvgIpc) is 2.68. The number of hydrogen-bond acceptors (Lipinski definition) is 2. The van der Waals surface area contributed by atoms with Crippen LogP contribution in [-0.4, -0.2) is 17.3 Å². The van der Waals surface area contributed by atoms with Gasteiger partial charge in [0, 0.05) is 11.8 Å². The predicted molar refractivity (Wildman–Crippen MR) is 71.6 cm³/mol. The molecule has 1 aromatic carbocycles. The van der Waals surface area contributed by atoms with Crippen molar-refractivity contribution in [3.05, 3.63) is 30.1 Å². The van der Waals surface area contributed by atoms with Crippen molar-refractivity contribution in [3.63, 3.8) is 0 Å². The normalized spacial score (nSPS) is 29.6. The van der Waals surface area contributed by atoms with Crippen molar-refractivity contribution in [2.75, 3.05) is 0 Å². The maximum Gasteiger partial charge on any atom is 0.123 e. The highest BCUT2D eigenvalue weighted by Crippen LogP contribution is 2.52. The molecule has 2 nitrogen and oxygen atoms in total. The van der Waals surface area contributed by atoms with Crippen LogP contribution in [0.15, 0.2) is 24.3 Å². The fourth-order valence-corrected chi connectivity index (χ4v) is 3.61. The highest BCUT2D eigenvalue weighted by Gasteiger charge is 2.55. The summed E-state index contributed by atoms with van der Waals surface area (Å²) in [6, 6.07) is 6.18. The van der Waals surface area contributed by atoms with Crippen LogP contribution in [-0.2, 0) is 0 Å². The Kier molecular flexibility index (Phi) is 3.48. The first kappa shape index (κ1) is 12.9. The van der Waals surface area contributed by atoms with Crippen molar-refractivity contribution < 1.29 is 14.2 Å². The molecule has 1 aromatic rings. The minimum Gasteiger partial charge on any atom is -0.490 e. The van der Waals surface area contributed by atoms with E-state index in [-0.39, 0.29) is 23.4 Å². The summed E-state index contributed by atoms with van der Waals surface area (Å²) in [5.41, 5.74) is -0.0507. The molecule has 0 heterocycles. The van der Waals surface area contributed by atoms with Gasteiger partial charge in [0.25, 0.3) is 0 Å². The van der Waals surface area contributed by atoms with Gasteiger partial charge in [-0.05, 0) is 37.1 Å². The van der Waals surface area contributed by atoms with Crippen molar-refractivity contribution in [1.29, 1.82) is 0 Å². The molecule has 0 aliphatic heterocycles. The number of hydrogen-bond donors (Lipinski definition) is 1. The zero-order valence-electron chi connectivity index (χ0n) is 11.1. The minimum atomic E-state index is -0.245. The number of benzene rings is 1. The van der Waals surface area contributed by atoms with Crippen LogP contribution < -0.4 is 4.74 Å². The Labute approximate surface area is 113 Å². The summed E-state index contributed by atoms with van der Waals surface area (Å²) < 4.78 is 18.9. The Morgan fingerprint density at radius 2 is 1.68 bits per heavy atom. The topological polar surface area (TPSA) is 29.5 Å². The maximum absolute atomic E-state index is 12.9. The highest BCUT2D eigenvalue weighted by molar-refractivity contribution is 5.23. The van der Waals surface area contributed by atoms with Gasteiger partial charge in [-0.3, -0.25) is 0 Å². The van der Waals surface area contributed by atoms with Gasteiger partial charge < -0.3 is 9.84 Å². The van der Waals surface area contributed by atoms with Gasteiger partial charge in [-0.1, -0.05) is 25.7 Å². The monoisotopic (exact) mass is 264 g/mol. The lowest BCUT2D eigenvalue weighted by molar-refractivity contribution is -0.163. The summed E-state index contributed by atoms with van der Waals surface area (Å²) in [7, 11) is 0. The third kappa shape index (κ3) is 2.36. The summed E-state index contributed by atoms with van der Waals surface area (Å²) in [6.45, 7) is 0. The van der Waals surface area contributed by atoms with E-state index < -0.39 is 0 Å². The van der Waals surface area contributed by atoms with Crippen molar-refractivity contribution >= 4 is 0 Å². The third-order valence-electron chi connectivity index (χ3n) is 4.87. The lowest BCUT2D eigenvalue weighted by atomic mass is 9.59. The van der Waals surface area contributed by atoms with E-state index >= 15 is 0 Å². The van der Waals surface area contributed by atoms with Gasteiger partial charge in [0.15, 0.2) is 0 Å². The van der Waals surface area contributed by atoms with Gasteiger partial charge in [0.05, 0.1) is 6.10 Å². The molecule has 2 saturated carbocycles. The van der Waals surface area contributed by atoms with E-state index in [1.807, 2.05) is 0 Å². The fourth-order valence-electron chi connectivity index (χ4n) is 3.61. The van der Waals surface area contributed by atoms with Crippen LogP contribution in [0.1, 0.15) is 44.9 Å². The summed E-state index contributed by atoms with van der Waals surface area (Å²) >= 11 is 0. The molecule has 0 radical (unpaired) electrons. The van der Waals surface area contributed by atoms with Crippen LogP contribution in [0.3, 0.4) is 0 Å². The summed E-state index contributed by atoms with van der Waals surface area (Å²) in [4.78, 5) is 0. The number of aliphatic hydroxyl groups excluding tert-OH is 1. The Morgan fingerprint density at radius 1 is 1.05 bits per heavy atom. The van der Waals surface area contributed by atoms with E-state index in [9.17, 15) is 9.50 Å². The molecule has 1 N–H and O–H groups in total. The molecule has 3 heteroatoms. The quantitative estimate of drug-likeness (QED) is 0.883. The van der Waals surface area contributed by atoms with Crippen LogP contribution in [0.4, 0.5) is 4.39 Å². The van der Waals surface area contributed by atoms with Crippen molar-refractivity contribution in [2.24, 2.45) is 5.41 Å². The average molecular weight is 264 g/mol. The number of halogens is 1. The fraction of sp³-hybridized carbons (Fsp3) is 0.625. The largest absolute Gasteiger partial charge is 0.490 e. The first-order chi connectivity index (χ1) is 9.21. The summed E-state index contributed by atoms with van der Waals surface area (Å²) in [5.74, 6) is 0.465. The molecule has 0 bridgehead atoms. The first-order valence-electron chi connectivity index (χ1n) is 7.31. The molecule has 2 fully saturated rings. The number of ether oxygens (including phenoxy) is 1. The smallest absolute Gasteiger partial charge is 0.123 e. The molecule has 0 saturated heterocycles. The molecule has 2 aliphatic rings. The van der Waals surface area contributed by atoms with Gasteiger partial charge in [-0.2, -0.15) is 0 Å². The standard InChI is InChI=1S/C16H21FO2/c17-12-5-7-13(8-6-12)19-15-11-14(18)16(15)9-3-1-2-4-10-16/h5-8,14-15,18H,1-4,9-11H2. The Hall–Kier alpha value is -1.09. The van der Waals surface area contributed by atoms with Crippen LogP contribution in [0.5, 0.6) is 5.75 Å². The molecule has 1 spiro atoms. The molecule has 104 valence electrons. The second-order valence-corrected chi connectivity index (χ2v) is 5.96. The lowest BCUT2D eigenvalue weighted by Gasteiger charge is -2.53. The molecule has 0 aromatic heterocycles. The third-order valence-corrected chi connectivity index (χ3v) is 4.87. The van der Waals surface area contributed by atoms with Crippen LogP contribution in [0.2, 0.25) is 0 Å². The van der Waals surface area contributed by atoms with Crippen LogP contribution >= 0.6 is 0 Å². The maximum atomic E-state index is 12.9.